The summed E-state index contributed by atoms with van der Waals surface area (Å²) in [5.41, 5.74) is 10.2. The van der Waals surface area contributed by atoms with Gasteiger partial charge in [0.15, 0.2) is 0 Å². The summed E-state index contributed by atoms with van der Waals surface area (Å²) in [6.07, 6.45) is 2.62. The highest BCUT2D eigenvalue weighted by Crippen LogP contribution is 2.14. The lowest BCUT2D eigenvalue weighted by Gasteiger charge is -2.35. The van der Waals surface area contributed by atoms with E-state index in [1.807, 2.05) is 0 Å². The SMILES string of the molecule is CCC1COCCN1CCCC(C)(N)C(N)=O. The number of nitrogens with zero attached hydrogens (tertiary/aromatic N) is 1. The molecule has 0 saturated carbocycles. The zero-order valence-electron chi connectivity index (χ0n) is 10.9. The van der Waals surface area contributed by atoms with Crippen LogP contribution in [-0.4, -0.2) is 48.7 Å². The Morgan fingerprint density at radius 2 is 2.29 bits per heavy atom. The van der Waals surface area contributed by atoms with E-state index in [4.69, 9.17) is 16.2 Å². The Kier molecular flexibility index (Phi) is 5.36. The molecule has 17 heavy (non-hydrogen) atoms. The second-order valence-electron chi connectivity index (χ2n) is 5.06. The van der Waals surface area contributed by atoms with Crippen molar-refractivity contribution in [2.24, 2.45) is 11.5 Å². The molecule has 1 saturated heterocycles. The maximum atomic E-state index is 11.1. The van der Waals surface area contributed by atoms with Crippen LogP contribution in [0.2, 0.25) is 0 Å². The molecule has 5 nitrogen and oxygen atoms in total. The zero-order valence-corrected chi connectivity index (χ0v) is 10.9. The van der Waals surface area contributed by atoms with E-state index in [-0.39, 0.29) is 0 Å². The topological polar surface area (TPSA) is 81.6 Å². The number of carbonyl (C=O) groups excluding carboxylic acids is 1. The lowest BCUT2D eigenvalue weighted by molar-refractivity contribution is -0.122. The van der Waals surface area contributed by atoms with E-state index >= 15 is 0 Å². The van der Waals surface area contributed by atoms with Crippen LogP contribution in [0.15, 0.2) is 0 Å². The minimum Gasteiger partial charge on any atom is -0.378 e. The Morgan fingerprint density at radius 1 is 1.59 bits per heavy atom. The van der Waals surface area contributed by atoms with Gasteiger partial charge in [-0.15, -0.1) is 0 Å². The lowest BCUT2D eigenvalue weighted by Crippen LogP contribution is -2.50. The standard InChI is InChI=1S/C12H25N3O2/c1-3-10-9-17-8-7-15(10)6-4-5-12(2,14)11(13)16/h10H,3-9,14H2,1-2H3,(H2,13,16). The van der Waals surface area contributed by atoms with Crippen molar-refractivity contribution >= 4 is 5.91 Å². The van der Waals surface area contributed by atoms with Crippen molar-refractivity contribution in [1.29, 1.82) is 0 Å². The molecular weight excluding hydrogens is 218 g/mol. The number of ether oxygens (including phenoxy) is 1. The molecule has 0 aromatic heterocycles. The average Bonchev–Trinajstić information content (AvgIpc) is 2.29. The Hall–Kier alpha value is -0.650. The van der Waals surface area contributed by atoms with Crippen LogP contribution in [0.25, 0.3) is 0 Å². The molecule has 1 aliphatic rings. The normalized spacial score (nSPS) is 25.5. The fourth-order valence-corrected chi connectivity index (χ4v) is 2.13. The van der Waals surface area contributed by atoms with Crippen molar-refractivity contribution in [2.45, 2.75) is 44.7 Å². The molecule has 1 heterocycles. The summed E-state index contributed by atoms with van der Waals surface area (Å²) in [5.74, 6) is -0.425. The molecule has 0 aromatic rings. The number of hydrogen-bond donors (Lipinski definition) is 2. The van der Waals surface area contributed by atoms with Crippen molar-refractivity contribution in [3.05, 3.63) is 0 Å². The average molecular weight is 243 g/mol. The quantitative estimate of drug-likeness (QED) is 0.692. The number of amides is 1. The van der Waals surface area contributed by atoms with Gasteiger partial charge in [0.1, 0.15) is 0 Å². The van der Waals surface area contributed by atoms with Gasteiger partial charge in [-0.3, -0.25) is 9.69 Å². The summed E-state index contributed by atoms with van der Waals surface area (Å²) in [6.45, 7) is 7.41. The number of nitrogens with two attached hydrogens (primary N) is 2. The third kappa shape index (κ3) is 4.26. The van der Waals surface area contributed by atoms with Crippen molar-refractivity contribution in [3.8, 4) is 0 Å². The van der Waals surface area contributed by atoms with Gasteiger partial charge in [0.05, 0.1) is 18.8 Å². The molecule has 0 radical (unpaired) electrons. The molecule has 2 unspecified atom stereocenters. The van der Waals surface area contributed by atoms with E-state index in [0.29, 0.717) is 12.5 Å². The fourth-order valence-electron chi connectivity index (χ4n) is 2.13. The van der Waals surface area contributed by atoms with Gasteiger partial charge in [0.2, 0.25) is 5.91 Å². The van der Waals surface area contributed by atoms with Gasteiger partial charge in [0, 0.05) is 12.6 Å². The van der Waals surface area contributed by atoms with Crippen LogP contribution in [0.1, 0.15) is 33.1 Å². The smallest absolute Gasteiger partial charge is 0.237 e. The second kappa shape index (κ2) is 6.33. The van der Waals surface area contributed by atoms with E-state index in [9.17, 15) is 4.79 Å². The van der Waals surface area contributed by atoms with E-state index in [1.54, 1.807) is 6.92 Å². The van der Waals surface area contributed by atoms with E-state index in [2.05, 4.69) is 11.8 Å². The molecule has 1 amide bonds. The van der Waals surface area contributed by atoms with Crippen LogP contribution in [0.4, 0.5) is 0 Å². The molecule has 4 N–H and O–H groups in total. The molecule has 0 bridgehead atoms. The molecule has 1 aliphatic heterocycles. The maximum Gasteiger partial charge on any atom is 0.237 e. The third-order valence-electron chi connectivity index (χ3n) is 3.53. The number of primary amides is 1. The minimum absolute atomic E-state index is 0.425. The molecule has 1 rings (SSSR count). The molecule has 5 heteroatoms. The number of morpholine rings is 1. The molecule has 2 atom stereocenters. The zero-order chi connectivity index (χ0) is 12.9. The van der Waals surface area contributed by atoms with Gasteiger partial charge >= 0.3 is 0 Å². The van der Waals surface area contributed by atoms with Crippen LogP contribution < -0.4 is 11.5 Å². The first-order valence-corrected chi connectivity index (χ1v) is 6.38. The first-order valence-electron chi connectivity index (χ1n) is 6.38. The van der Waals surface area contributed by atoms with E-state index in [0.717, 1.165) is 39.1 Å². The Morgan fingerprint density at radius 3 is 2.88 bits per heavy atom. The van der Waals surface area contributed by atoms with Crippen LogP contribution in [0.3, 0.4) is 0 Å². The van der Waals surface area contributed by atoms with Crippen molar-refractivity contribution < 1.29 is 9.53 Å². The molecular formula is C12H25N3O2. The van der Waals surface area contributed by atoms with Gasteiger partial charge < -0.3 is 16.2 Å². The monoisotopic (exact) mass is 243 g/mol. The summed E-state index contributed by atoms with van der Waals surface area (Å²) in [5, 5.41) is 0. The minimum atomic E-state index is -0.881. The molecule has 1 fully saturated rings. The van der Waals surface area contributed by atoms with Crippen LogP contribution in [0, 0.1) is 0 Å². The fraction of sp³-hybridized carbons (Fsp3) is 0.917. The van der Waals surface area contributed by atoms with E-state index < -0.39 is 11.4 Å². The summed E-state index contributed by atoms with van der Waals surface area (Å²) in [7, 11) is 0. The number of hydrogen-bond acceptors (Lipinski definition) is 4. The van der Waals surface area contributed by atoms with Gasteiger partial charge in [-0.05, 0) is 32.7 Å². The van der Waals surface area contributed by atoms with Gasteiger partial charge in [-0.1, -0.05) is 6.92 Å². The Balaban J connectivity index is 2.32. The molecule has 0 aromatic carbocycles. The van der Waals surface area contributed by atoms with Crippen molar-refractivity contribution in [2.75, 3.05) is 26.3 Å². The lowest BCUT2D eigenvalue weighted by atomic mass is 9.96. The highest BCUT2D eigenvalue weighted by atomic mass is 16.5. The maximum absolute atomic E-state index is 11.1. The number of carbonyl (C=O) groups is 1. The first kappa shape index (κ1) is 14.4. The Bertz CT molecular complexity index is 256. The summed E-state index contributed by atoms with van der Waals surface area (Å²) >= 11 is 0. The second-order valence-corrected chi connectivity index (χ2v) is 5.06. The van der Waals surface area contributed by atoms with Gasteiger partial charge in [-0.2, -0.15) is 0 Å². The van der Waals surface area contributed by atoms with Gasteiger partial charge in [0.25, 0.3) is 0 Å². The van der Waals surface area contributed by atoms with Crippen LogP contribution in [0.5, 0.6) is 0 Å². The molecule has 0 aliphatic carbocycles. The summed E-state index contributed by atoms with van der Waals surface area (Å²) in [4.78, 5) is 13.5. The van der Waals surface area contributed by atoms with Crippen LogP contribution in [-0.2, 0) is 9.53 Å². The highest BCUT2D eigenvalue weighted by Gasteiger charge is 2.26. The molecule has 100 valence electrons. The van der Waals surface area contributed by atoms with Crippen LogP contribution >= 0.6 is 0 Å². The Labute approximate surface area is 103 Å². The van der Waals surface area contributed by atoms with Gasteiger partial charge in [-0.25, -0.2) is 0 Å². The number of rotatable bonds is 6. The third-order valence-corrected chi connectivity index (χ3v) is 3.53. The molecule has 0 spiro atoms. The summed E-state index contributed by atoms with van der Waals surface area (Å²) in [6, 6.07) is 0.501. The predicted molar refractivity (Wildman–Crippen MR) is 67.5 cm³/mol. The van der Waals surface area contributed by atoms with Crippen molar-refractivity contribution in [3.63, 3.8) is 0 Å². The van der Waals surface area contributed by atoms with Crippen molar-refractivity contribution in [1.82, 2.24) is 4.90 Å². The first-order chi connectivity index (χ1) is 7.97. The van der Waals surface area contributed by atoms with E-state index in [1.165, 1.54) is 0 Å². The largest absolute Gasteiger partial charge is 0.378 e. The highest BCUT2D eigenvalue weighted by molar-refractivity contribution is 5.83. The summed E-state index contributed by atoms with van der Waals surface area (Å²) < 4.78 is 5.45. The predicted octanol–water partition coefficient (Wildman–Crippen LogP) is 0.0801.